The number of thiocarbonyl (C=S) groups is 1. The Morgan fingerprint density at radius 3 is 2.41 bits per heavy atom. The van der Waals surface area contributed by atoms with Crippen LogP contribution in [0.4, 0.5) is 5.69 Å². The Labute approximate surface area is 195 Å². The largest absolute Gasteiger partial charge is 0.491 e. The molecule has 2 aromatic carbocycles. The van der Waals surface area contributed by atoms with Gasteiger partial charge in [0.05, 0.1) is 11.0 Å². The van der Waals surface area contributed by atoms with E-state index >= 15 is 0 Å². The van der Waals surface area contributed by atoms with Crippen molar-refractivity contribution < 1.29 is 17.9 Å². The summed E-state index contributed by atoms with van der Waals surface area (Å²) < 4.78 is 33.6. The molecule has 7 nitrogen and oxygen atoms in total. The second-order valence-electron chi connectivity index (χ2n) is 8.08. The van der Waals surface area contributed by atoms with Crippen molar-refractivity contribution >= 4 is 38.9 Å². The van der Waals surface area contributed by atoms with E-state index in [1.165, 1.54) is 12.1 Å². The summed E-state index contributed by atoms with van der Waals surface area (Å²) >= 11 is 5.22. The van der Waals surface area contributed by atoms with Crippen molar-refractivity contribution in [1.29, 1.82) is 0 Å². The van der Waals surface area contributed by atoms with E-state index in [1.54, 1.807) is 36.4 Å². The average molecular weight is 476 g/mol. The van der Waals surface area contributed by atoms with Crippen LogP contribution in [0.3, 0.4) is 0 Å². The zero-order chi connectivity index (χ0) is 23.1. The minimum atomic E-state index is -3.57. The molecular formula is C23H29N3O4S2. The quantitative estimate of drug-likeness (QED) is 0.519. The van der Waals surface area contributed by atoms with E-state index in [2.05, 4.69) is 15.4 Å². The zero-order valence-electron chi connectivity index (χ0n) is 18.3. The molecule has 0 unspecified atom stereocenters. The van der Waals surface area contributed by atoms with Gasteiger partial charge in [-0.1, -0.05) is 25.3 Å². The summed E-state index contributed by atoms with van der Waals surface area (Å²) in [5, 5.41) is 5.63. The SMILES string of the molecule is CC(C)Oc1cccc(C(=O)NC(=S)Nc2ccc(S(=O)(=O)NC3CCCCC3)cc2)c1. The van der Waals surface area contributed by atoms with E-state index in [4.69, 9.17) is 17.0 Å². The van der Waals surface area contributed by atoms with Crippen LogP contribution in [-0.2, 0) is 10.0 Å². The predicted molar refractivity (Wildman–Crippen MR) is 130 cm³/mol. The highest BCUT2D eigenvalue weighted by Crippen LogP contribution is 2.21. The van der Waals surface area contributed by atoms with Crippen LogP contribution in [-0.4, -0.2) is 31.6 Å². The highest BCUT2D eigenvalue weighted by molar-refractivity contribution is 7.89. The first-order valence-electron chi connectivity index (χ1n) is 10.7. The molecule has 3 N–H and O–H groups in total. The van der Waals surface area contributed by atoms with Crippen LogP contribution < -0.4 is 20.1 Å². The number of benzene rings is 2. The van der Waals surface area contributed by atoms with Gasteiger partial charge in [-0.2, -0.15) is 0 Å². The van der Waals surface area contributed by atoms with Crippen molar-refractivity contribution in [2.24, 2.45) is 0 Å². The van der Waals surface area contributed by atoms with Gasteiger partial charge in [0.15, 0.2) is 5.11 Å². The van der Waals surface area contributed by atoms with Crippen LogP contribution in [0, 0.1) is 0 Å². The molecule has 0 aromatic heterocycles. The summed E-state index contributed by atoms with van der Waals surface area (Å²) in [7, 11) is -3.57. The van der Waals surface area contributed by atoms with E-state index in [1.807, 2.05) is 13.8 Å². The fourth-order valence-electron chi connectivity index (χ4n) is 3.55. The van der Waals surface area contributed by atoms with E-state index in [9.17, 15) is 13.2 Å². The molecular weight excluding hydrogens is 446 g/mol. The molecule has 9 heteroatoms. The molecule has 32 heavy (non-hydrogen) atoms. The molecule has 1 fully saturated rings. The first-order valence-corrected chi connectivity index (χ1v) is 12.6. The Morgan fingerprint density at radius 2 is 1.75 bits per heavy atom. The maximum Gasteiger partial charge on any atom is 0.257 e. The van der Waals surface area contributed by atoms with E-state index in [0.29, 0.717) is 17.0 Å². The highest BCUT2D eigenvalue weighted by Gasteiger charge is 2.21. The van der Waals surface area contributed by atoms with Crippen molar-refractivity contribution in [3.63, 3.8) is 0 Å². The van der Waals surface area contributed by atoms with Gasteiger partial charge >= 0.3 is 0 Å². The summed E-state index contributed by atoms with van der Waals surface area (Å²) in [6.45, 7) is 3.82. The molecule has 3 rings (SSSR count). The monoisotopic (exact) mass is 475 g/mol. The number of amides is 1. The third-order valence-corrected chi connectivity index (χ3v) is 6.79. The number of nitrogens with one attached hydrogen (secondary N) is 3. The number of ether oxygens (including phenoxy) is 1. The Balaban J connectivity index is 1.57. The van der Waals surface area contributed by atoms with Gasteiger partial charge < -0.3 is 10.1 Å². The normalized spacial score (nSPS) is 14.7. The van der Waals surface area contributed by atoms with E-state index < -0.39 is 10.0 Å². The average Bonchev–Trinajstić information content (AvgIpc) is 2.74. The Morgan fingerprint density at radius 1 is 1.06 bits per heavy atom. The number of sulfonamides is 1. The third kappa shape index (κ3) is 7.01. The first kappa shape index (κ1) is 24.2. The smallest absolute Gasteiger partial charge is 0.257 e. The maximum absolute atomic E-state index is 12.6. The number of carbonyl (C=O) groups excluding carboxylic acids is 1. The number of carbonyl (C=O) groups is 1. The summed E-state index contributed by atoms with van der Waals surface area (Å²) in [6.07, 6.45) is 5.01. The number of rotatable bonds is 7. The second-order valence-corrected chi connectivity index (χ2v) is 10.2. The fourth-order valence-corrected chi connectivity index (χ4v) is 5.06. The standard InChI is InChI=1S/C23H29N3O4S2/c1-16(2)30-20-10-6-7-17(15-20)22(27)25-23(31)24-18-11-13-21(14-12-18)32(28,29)26-19-8-4-3-5-9-19/h6-7,10-16,19,26H,3-5,8-9H2,1-2H3,(H2,24,25,27,31). The van der Waals surface area contributed by atoms with E-state index in [0.717, 1.165) is 32.1 Å². The molecule has 0 heterocycles. The molecule has 0 saturated heterocycles. The minimum Gasteiger partial charge on any atom is -0.491 e. The molecule has 0 aliphatic heterocycles. The van der Waals surface area contributed by atoms with Crippen LogP contribution in [0.25, 0.3) is 0 Å². The Kier molecular flexibility index (Phi) is 8.22. The molecule has 172 valence electrons. The summed E-state index contributed by atoms with van der Waals surface area (Å²) in [5.41, 5.74) is 0.992. The van der Waals surface area contributed by atoms with Crippen LogP contribution >= 0.6 is 12.2 Å². The summed E-state index contributed by atoms with van der Waals surface area (Å²) in [4.78, 5) is 12.7. The lowest BCUT2D eigenvalue weighted by molar-refractivity contribution is 0.0977. The van der Waals surface area contributed by atoms with Crippen LogP contribution in [0.1, 0.15) is 56.3 Å². The minimum absolute atomic E-state index is 0.000653. The second kappa shape index (κ2) is 10.9. The van der Waals surface area contributed by atoms with Crippen molar-refractivity contribution in [2.45, 2.75) is 63.0 Å². The molecule has 0 radical (unpaired) electrons. The third-order valence-electron chi connectivity index (χ3n) is 5.04. The Bertz CT molecular complexity index is 1050. The molecule has 0 bridgehead atoms. The van der Waals surface area contributed by atoms with Gasteiger partial charge in [-0.05, 0) is 81.4 Å². The number of hydrogen-bond donors (Lipinski definition) is 3. The topological polar surface area (TPSA) is 96.5 Å². The van der Waals surface area contributed by atoms with E-state index in [-0.39, 0.29) is 28.1 Å². The Hall–Kier alpha value is -2.49. The van der Waals surface area contributed by atoms with Gasteiger partial charge in [0.25, 0.3) is 5.91 Å². The maximum atomic E-state index is 12.6. The fraction of sp³-hybridized carbons (Fsp3) is 0.391. The number of hydrogen-bond acceptors (Lipinski definition) is 5. The first-order chi connectivity index (χ1) is 15.2. The lowest BCUT2D eigenvalue weighted by Crippen LogP contribution is -2.36. The predicted octanol–water partition coefficient (Wildman–Crippen LogP) is 4.21. The van der Waals surface area contributed by atoms with Gasteiger partial charge in [-0.3, -0.25) is 10.1 Å². The van der Waals surface area contributed by atoms with Crippen LogP contribution in [0.2, 0.25) is 0 Å². The van der Waals surface area contributed by atoms with Crippen molar-refractivity contribution in [3.05, 3.63) is 54.1 Å². The lowest BCUT2D eigenvalue weighted by Gasteiger charge is -2.22. The van der Waals surface area contributed by atoms with Gasteiger partial charge in [-0.25, -0.2) is 13.1 Å². The van der Waals surface area contributed by atoms with Crippen molar-refractivity contribution in [2.75, 3.05) is 5.32 Å². The van der Waals surface area contributed by atoms with Gasteiger partial charge in [-0.15, -0.1) is 0 Å². The van der Waals surface area contributed by atoms with Crippen LogP contribution in [0.15, 0.2) is 53.4 Å². The van der Waals surface area contributed by atoms with Gasteiger partial charge in [0, 0.05) is 17.3 Å². The van der Waals surface area contributed by atoms with Crippen molar-refractivity contribution in [1.82, 2.24) is 10.0 Å². The molecule has 2 aromatic rings. The number of anilines is 1. The molecule has 0 spiro atoms. The van der Waals surface area contributed by atoms with Crippen molar-refractivity contribution in [3.8, 4) is 5.75 Å². The zero-order valence-corrected chi connectivity index (χ0v) is 19.9. The molecule has 1 aliphatic rings. The van der Waals surface area contributed by atoms with Gasteiger partial charge in [0.1, 0.15) is 5.75 Å². The highest BCUT2D eigenvalue weighted by atomic mass is 32.2. The molecule has 1 amide bonds. The molecule has 0 atom stereocenters. The lowest BCUT2D eigenvalue weighted by atomic mass is 9.96. The van der Waals surface area contributed by atoms with Crippen LogP contribution in [0.5, 0.6) is 5.75 Å². The molecule has 1 saturated carbocycles. The summed E-state index contributed by atoms with van der Waals surface area (Å²) in [6, 6.07) is 13.1. The summed E-state index contributed by atoms with van der Waals surface area (Å²) in [5.74, 6) is 0.234. The van der Waals surface area contributed by atoms with Gasteiger partial charge in [0.2, 0.25) is 10.0 Å². The molecule has 1 aliphatic carbocycles.